The second-order valence-electron chi connectivity index (χ2n) is 7.05. The van der Waals surface area contributed by atoms with Crippen molar-refractivity contribution in [1.29, 1.82) is 0 Å². The van der Waals surface area contributed by atoms with E-state index in [2.05, 4.69) is 15.3 Å². The molecule has 32 heavy (non-hydrogen) atoms. The largest absolute Gasteiger partial charge is 0.467 e. The molecule has 0 aliphatic heterocycles. The fourth-order valence-corrected chi connectivity index (χ4v) is 3.83. The fourth-order valence-electron chi connectivity index (χ4n) is 3.21. The summed E-state index contributed by atoms with van der Waals surface area (Å²) < 4.78 is 5.42. The van der Waals surface area contributed by atoms with Crippen molar-refractivity contribution >= 4 is 57.4 Å². The topological polar surface area (TPSA) is 91.2 Å². The summed E-state index contributed by atoms with van der Waals surface area (Å²) in [5, 5.41) is 4.38. The van der Waals surface area contributed by atoms with Crippen molar-refractivity contribution in [1.82, 2.24) is 14.9 Å². The van der Waals surface area contributed by atoms with E-state index in [1.165, 1.54) is 17.2 Å². The predicted octanol–water partition coefficient (Wildman–Crippen LogP) is 6.27. The normalized spacial score (nSPS) is 12.0. The highest BCUT2D eigenvalue weighted by molar-refractivity contribution is 6.36. The molecular weight excluding hydrogens is 475 g/mol. The van der Waals surface area contributed by atoms with Crippen LogP contribution in [0.15, 0.2) is 64.0 Å². The van der Waals surface area contributed by atoms with Crippen molar-refractivity contribution in [2.75, 3.05) is 5.32 Å². The van der Waals surface area contributed by atoms with Crippen LogP contribution in [0, 0.1) is 0 Å². The number of halogens is 3. The van der Waals surface area contributed by atoms with Crippen LogP contribution in [0.5, 0.6) is 0 Å². The molecule has 7 nitrogen and oxygen atoms in total. The number of carbonyl (C=O) groups is 1. The molecule has 2 heterocycles. The van der Waals surface area contributed by atoms with Crippen molar-refractivity contribution < 1.29 is 9.21 Å². The van der Waals surface area contributed by atoms with Gasteiger partial charge in [-0.25, -0.2) is 9.78 Å². The number of furan rings is 1. The monoisotopic (exact) mass is 490 g/mol. The Morgan fingerprint density at radius 2 is 1.91 bits per heavy atom. The average molecular weight is 492 g/mol. The third-order valence-corrected chi connectivity index (χ3v) is 5.67. The van der Waals surface area contributed by atoms with Gasteiger partial charge < -0.3 is 19.6 Å². The van der Waals surface area contributed by atoms with Crippen molar-refractivity contribution in [3.05, 3.63) is 91.8 Å². The second kappa shape index (κ2) is 9.24. The summed E-state index contributed by atoms with van der Waals surface area (Å²) in [6.45, 7) is 1.88. The molecule has 0 bridgehead atoms. The molecule has 10 heteroatoms. The first-order valence-electron chi connectivity index (χ1n) is 9.56. The molecule has 2 aromatic heterocycles. The molecule has 0 saturated carbocycles. The first-order valence-corrected chi connectivity index (χ1v) is 10.7. The Morgan fingerprint density at radius 1 is 1.16 bits per heavy atom. The van der Waals surface area contributed by atoms with Gasteiger partial charge in [0.1, 0.15) is 11.6 Å². The fraction of sp³-hybridized carbons (Fsp3) is 0.136. The van der Waals surface area contributed by atoms with Crippen LogP contribution in [0.2, 0.25) is 15.1 Å². The number of nitrogens with zero attached hydrogens (tertiary/aromatic N) is 2. The molecule has 1 atom stereocenters. The molecule has 4 aromatic rings. The summed E-state index contributed by atoms with van der Waals surface area (Å²) >= 11 is 18.2. The van der Waals surface area contributed by atoms with E-state index in [-0.39, 0.29) is 12.1 Å². The molecule has 2 aromatic carbocycles. The van der Waals surface area contributed by atoms with E-state index in [1.54, 1.807) is 49.4 Å². The number of amides is 2. The zero-order chi connectivity index (χ0) is 22.8. The quantitative estimate of drug-likeness (QED) is 0.344. The molecule has 2 amide bonds. The van der Waals surface area contributed by atoms with E-state index in [1.807, 2.05) is 0 Å². The highest BCUT2D eigenvalue weighted by atomic mass is 35.5. The van der Waals surface area contributed by atoms with E-state index in [4.69, 9.17) is 39.2 Å². The maximum absolute atomic E-state index is 13.2. The summed E-state index contributed by atoms with van der Waals surface area (Å²) in [6, 6.07) is 12.0. The molecule has 164 valence electrons. The first kappa shape index (κ1) is 22.2. The number of carbonyl (C=O) groups excluding carboxylic acids is 1. The predicted molar refractivity (Wildman–Crippen MR) is 126 cm³/mol. The Bertz CT molecular complexity index is 1340. The lowest BCUT2D eigenvalue weighted by Gasteiger charge is -2.28. The van der Waals surface area contributed by atoms with Crippen molar-refractivity contribution in [2.45, 2.75) is 19.5 Å². The summed E-state index contributed by atoms with van der Waals surface area (Å²) in [5.74, 6) is 0.856. The van der Waals surface area contributed by atoms with Crippen LogP contribution in [0.25, 0.3) is 10.9 Å². The minimum absolute atomic E-state index is 0.127. The third-order valence-electron chi connectivity index (χ3n) is 4.89. The van der Waals surface area contributed by atoms with E-state index < -0.39 is 12.1 Å². The minimum atomic E-state index is -0.623. The zero-order valence-electron chi connectivity index (χ0n) is 16.7. The van der Waals surface area contributed by atoms with Gasteiger partial charge in [0.2, 0.25) is 0 Å². The molecule has 2 N–H and O–H groups in total. The Hall–Kier alpha value is -3.00. The number of rotatable bonds is 5. The van der Waals surface area contributed by atoms with Gasteiger partial charge in [-0.15, -0.1) is 0 Å². The lowest BCUT2D eigenvalue weighted by molar-refractivity contribution is 0.180. The number of aromatic nitrogens is 2. The third kappa shape index (κ3) is 4.75. The lowest BCUT2D eigenvalue weighted by atomic mass is 10.2. The standard InChI is InChI=1S/C22H17Cl3N4O3/c1-12(20-26-19-10-14(24)4-6-16(19)21(30)28-20)29(11-15-3-2-8-32-15)22(31)27-18-7-5-13(23)9-17(18)25/h2-10,12H,11H2,1H3,(H,27,31)(H,26,28,30). The number of benzene rings is 2. The molecule has 0 radical (unpaired) electrons. The van der Waals surface area contributed by atoms with Gasteiger partial charge in [0.05, 0.1) is 40.5 Å². The molecule has 0 saturated heterocycles. The Kier molecular flexibility index (Phi) is 6.41. The number of urea groups is 1. The number of aromatic amines is 1. The van der Waals surface area contributed by atoms with Crippen LogP contribution < -0.4 is 10.9 Å². The van der Waals surface area contributed by atoms with E-state index in [9.17, 15) is 9.59 Å². The van der Waals surface area contributed by atoms with Gasteiger partial charge in [0.15, 0.2) is 0 Å². The first-order chi connectivity index (χ1) is 15.3. The maximum atomic E-state index is 13.2. The molecule has 0 aliphatic carbocycles. The SMILES string of the molecule is CC(c1nc2cc(Cl)ccc2c(=O)[nH]1)N(Cc1ccco1)C(=O)Nc1ccc(Cl)cc1Cl. The van der Waals surface area contributed by atoms with Crippen molar-refractivity contribution in [3.63, 3.8) is 0 Å². The smallest absolute Gasteiger partial charge is 0.322 e. The molecule has 4 rings (SSSR count). The van der Waals surface area contributed by atoms with Crippen LogP contribution >= 0.6 is 34.8 Å². The van der Waals surface area contributed by atoms with Crippen LogP contribution in [0.3, 0.4) is 0 Å². The van der Waals surface area contributed by atoms with E-state index in [0.717, 1.165) is 0 Å². The number of anilines is 1. The van der Waals surface area contributed by atoms with Gasteiger partial charge in [-0.3, -0.25) is 4.79 Å². The van der Waals surface area contributed by atoms with Crippen molar-refractivity contribution in [2.24, 2.45) is 0 Å². The van der Waals surface area contributed by atoms with Crippen LogP contribution in [0.1, 0.15) is 24.6 Å². The van der Waals surface area contributed by atoms with Gasteiger partial charge in [0, 0.05) is 10.0 Å². The summed E-state index contributed by atoms with van der Waals surface area (Å²) in [6.07, 6.45) is 1.52. The van der Waals surface area contributed by atoms with Crippen LogP contribution in [-0.2, 0) is 6.54 Å². The average Bonchev–Trinajstić information content (AvgIpc) is 3.26. The van der Waals surface area contributed by atoms with Gasteiger partial charge in [-0.1, -0.05) is 34.8 Å². The Morgan fingerprint density at radius 3 is 2.62 bits per heavy atom. The molecule has 0 fully saturated rings. The lowest BCUT2D eigenvalue weighted by Crippen LogP contribution is -2.38. The van der Waals surface area contributed by atoms with Gasteiger partial charge in [-0.05, 0) is 55.5 Å². The maximum Gasteiger partial charge on any atom is 0.322 e. The molecule has 1 unspecified atom stereocenters. The minimum Gasteiger partial charge on any atom is -0.467 e. The Labute approximate surface area is 197 Å². The van der Waals surface area contributed by atoms with Gasteiger partial charge in [0.25, 0.3) is 5.56 Å². The second-order valence-corrected chi connectivity index (χ2v) is 8.33. The summed E-state index contributed by atoms with van der Waals surface area (Å²) in [7, 11) is 0. The number of H-pyrrole nitrogens is 1. The summed E-state index contributed by atoms with van der Waals surface area (Å²) in [5.41, 5.74) is 0.499. The van der Waals surface area contributed by atoms with Crippen LogP contribution in [0.4, 0.5) is 10.5 Å². The number of nitrogens with one attached hydrogen (secondary N) is 2. The van der Waals surface area contributed by atoms with E-state index >= 15 is 0 Å². The van der Waals surface area contributed by atoms with Gasteiger partial charge in [-0.2, -0.15) is 0 Å². The molecular formula is C22H17Cl3N4O3. The van der Waals surface area contributed by atoms with Crippen molar-refractivity contribution in [3.8, 4) is 0 Å². The Balaban J connectivity index is 1.70. The summed E-state index contributed by atoms with van der Waals surface area (Å²) in [4.78, 5) is 34.6. The zero-order valence-corrected chi connectivity index (χ0v) is 19.0. The molecule has 0 aliphatic rings. The molecule has 0 spiro atoms. The highest BCUT2D eigenvalue weighted by Gasteiger charge is 2.26. The van der Waals surface area contributed by atoms with E-state index in [0.29, 0.717) is 43.2 Å². The number of hydrogen-bond acceptors (Lipinski definition) is 4. The number of fused-ring (bicyclic) bond motifs is 1. The highest BCUT2D eigenvalue weighted by Crippen LogP contribution is 2.28. The van der Waals surface area contributed by atoms with Crippen LogP contribution in [-0.4, -0.2) is 20.9 Å². The number of hydrogen-bond donors (Lipinski definition) is 2. The van der Waals surface area contributed by atoms with Gasteiger partial charge >= 0.3 is 6.03 Å².